The van der Waals surface area contributed by atoms with Crippen molar-refractivity contribution in [2.45, 2.75) is 35.7 Å². The summed E-state index contributed by atoms with van der Waals surface area (Å²) in [6, 6.07) is 4.55. The average Bonchev–Trinajstić information content (AvgIpc) is 2.89. The van der Waals surface area contributed by atoms with Crippen LogP contribution in [0.3, 0.4) is 0 Å². The number of nitrogens with one attached hydrogen (secondary N) is 1. The van der Waals surface area contributed by atoms with Crippen LogP contribution in [-0.4, -0.2) is 16.5 Å². The topological polar surface area (TPSA) is 37.8 Å². The fourth-order valence-electron chi connectivity index (χ4n) is 1.54. The van der Waals surface area contributed by atoms with Gasteiger partial charge in [-0.25, -0.2) is 9.97 Å². The zero-order valence-electron chi connectivity index (χ0n) is 10.6. The first-order valence-corrected chi connectivity index (χ1v) is 7.76. The Morgan fingerprint density at radius 2 is 2.28 bits per heavy atom. The van der Waals surface area contributed by atoms with Gasteiger partial charge in [-0.1, -0.05) is 13.0 Å². The highest BCUT2D eigenvalue weighted by molar-refractivity contribution is 8.00. The van der Waals surface area contributed by atoms with Gasteiger partial charge in [0.1, 0.15) is 5.03 Å². The molecule has 2 aromatic rings. The van der Waals surface area contributed by atoms with E-state index in [0.717, 1.165) is 22.3 Å². The molecular formula is C13H17N3S2. The first kappa shape index (κ1) is 13.5. The lowest BCUT2D eigenvalue weighted by Gasteiger charge is -2.13. The van der Waals surface area contributed by atoms with E-state index < -0.39 is 0 Å². The molecule has 0 spiro atoms. The van der Waals surface area contributed by atoms with Gasteiger partial charge in [0.2, 0.25) is 0 Å². The normalized spacial score (nSPS) is 12.6. The monoisotopic (exact) mass is 279 g/mol. The van der Waals surface area contributed by atoms with Crippen molar-refractivity contribution in [3.8, 4) is 0 Å². The van der Waals surface area contributed by atoms with Crippen molar-refractivity contribution in [3.05, 3.63) is 35.5 Å². The predicted molar refractivity (Wildman–Crippen MR) is 77.2 cm³/mol. The number of nitrogens with zero attached hydrogens (tertiary/aromatic N) is 2. The molecular weight excluding hydrogens is 262 g/mol. The number of rotatable bonds is 6. The van der Waals surface area contributed by atoms with Crippen molar-refractivity contribution < 1.29 is 0 Å². The minimum absolute atomic E-state index is 0.358. The van der Waals surface area contributed by atoms with Crippen molar-refractivity contribution in [3.63, 3.8) is 0 Å². The molecule has 0 aliphatic heterocycles. The molecule has 2 heterocycles. The van der Waals surface area contributed by atoms with Gasteiger partial charge in [0, 0.05) is 23.8 Å². The Kier molecular flexibility index (Phi) is 5.16. The predicted octanol–water partition coefficient (Wildman–Crippen LogP) is 3.75. The van der Waals surface area contributed by atoms with E-state index >= 15 is 0 Å². The minimum Gasteiger partial charge on any atom is -0.310 e. The Morgan fingerprint density at radius 1 is 1.39 bits per heavy atom. The molecule has 0 radical (unpaired) electrons. The van der Waals surface area contributed by atoms with E-state index in [2.05, 4.69) is 41.3 Å². The van der Waals surface area contributed by atoms with Crippen molar-refractivity contribution in [2.75, 3.05) is 6.54 Å². The Morgan fingerprint density at radius 3 is 2.89 bits per heavy atom. The highest BCUT2D eigenvalue weighted by atomic mass is 32.2. The Balaban J connectivity index is 1.96. The number of hydrogen-bond acceptors (Lipinski definition) is 5. The maximum atomic E-state index is 4.47. The average molecular weight is 279 g/mol. The first-order valence-electron chi connectivity index (χ1n) is 6.06. The lowest BCUT2D eigenvalue weighted by Crippen LogP contribution is -2.19. The largest absolute Gasteiger partial charge is 0.310 e. The fourth-order valence-corrected chi connectivity index (χ4v) is 3.05. The van der Waals surface area contributed by atoms with E-state index in [1.807, 2.05) is 17.8 Å². The van der Waals surface area contributed by atoms with E-state index in [9.17, 15) is 0 Å². The van der Waals surface area contributed by atoms with Gasteiger partial charge >= 0.3 is 0 Å². The standard InChI is InChI=1S/C13H17N3S2/c1-3-6-14-10(2)11-4-5-12(16-9-11)18-13-15-7-8-17-13/h4-5,7-10,14H,3,6H2,1-2H3. The number of thiazole rings is 1. The van der Waals surface area contributed by atoms with Gasteiger partial charge in [-0.3, -0.25) is 0 Å². The van der Waals surface area contributed by atoms with E-state index in [-0.39, 0.29) is 0 Å². The van der Waals surface area contributed by atoms with Crippen molar-refractivity contribution in [2.24, 2.45) is 0 Å². The summed E-state index contributed by atoms with van der Waals surface area (Å²) in [6.07, 6.45) is 4.91. The molecule has 0 bridgehead atoms. The SMILES string of the molecule is CCCNC(C)c1ccc(Sc2nccs2)nc1. The Labute approximate surface area is 116 Å². The quantitative estimate of drug-likeness (QED) is 0.874. The minimum atomic E-state index is 0.358. The molecule has 0 saturated heterocycles. The van der Waals surface area contributed by atoms with Crippen LogP contribution in [0.2, 0.25) is 0 Å². The van der Waals surface area contributed by atoms with Crippen molar-refractivity contribution in [1.82, 2.24) is 15.3 Å². The van der Waals surface area contributed by atoms with Crippen LogP contribution in [0.15, 0.2) is 39.3 Å². The van der Waals surface area contributed by atoms with Crippen LogP contribution in [0, 0.1) is 0 Å². The Hall–Kier alpha value is -0.910. The van der Waals surface area contributed by atoms with E-state index in [4.69, 9.17) is 0 Å². The second-order valence-corrected chi connectivity index (χ2v) is 6.17. The number of hydrogen-bond donors (Lipinski definition) is 1. The molecule has 5 heteroatoms. The van der Waals surface area contributed by atoms with Gasteiger partial charge in [-0.15, -0.1) is 11.3 Å². The number of pyridine rings is 1. The summed E-state index contributed by atoms with van der Waals surface area (Å²) >= 11 is 3.25. The van der Waals surface area contributed by atoms with E-state index in [0.29, 0.717) is 6.04 Å². The van der Waals surface area contributed by atoms with E-state index in [1.54, 1.807) is 23.1 Å². The highest BCUT2D eigenvalue weighted by Crippen LogP contribution is 2.27. The smallest absolute Gasteiger partial charge is 0.156 e. The molecule has 1 atom stereocenters. The summed E-state index contributed by atoms with van der Waals surface area (Å²) in [5, 5.41) is 6.43. The van der Waals surface area contributed by atoms with Crippen LogP contribution < -0.4 is 5.32 Å². The molecule has 0 aromatic carbocycles. The molecule has 0 fully saturated rings. The van der Waals surface area contributed by atoms with E-state index in [1.165, 1.54) is 5.56 Å². The summed E-state index contributed by atoms with van der Waals surface area (Å²) in [4.78, 5) is 8.71. The molecule has 96 valence electrons. The zero-order valence-corrected chi connectivity index (χ0v) is 12.2. The summed E-state index contributed by atoms with van der Waals surface area (Å²) < 4.78 is 1.03. The molecule has 0 amide bonds. The van der Waals surface area contributed by atoms with Crippen LogP contribution >= 0.6 is 23.1 Å². The third-order valence-electron chi connectivity index (χ3n) is 2.56. The van der Waals surface area contributed by atoms with Crippen molar-refractivity contribution >= 4 is 23.1 Å². The number of aromatic nitrogens is 2. The van der Waals surface area contributed by atoms with Crippen LogP contribution in [0.4, 0.5) is 0 Å². The van der Waals surface area contributed by atoms with Crippen LogP contribution in [0.5, 0.6) is 0 Å². The first-order chi connectivity index (χ1) is 8.79. The lowest BCUT2D eigenvalue weighted by atomic mass is 10.1. The zero-order chi connectivity index (χ0) is 12.8. The molecule has 0 aliphatic carbocycles. The van der Waals surface area contributed by atoms with Gasteiger partial charge in [0.25, 0.3) is 0 Å². The summed E-state index contributed by atoms with van der Waals surface area (Å²) in [6.45, 7) is 5.38. The van der Waals surface area contributed by atoms with Gasteiger partial charge in [0.15, 0.2) is 4.34 Å². The highest BCUT2D eigenvalue weighted by Gasteiger charge is 2.06. The van der Waals surface area contributed by atoms with Gasteiger partial charge in [-0.05, 0) is 43.3 Å². The van der Waals surface area contributed by atoms with Crippen LogP contribution in [0.1, 0.15) is 31.9 Å². The van der Waals surface area contributed by atoms with Crippen LogP contribution in [0.25, 0.3) is 0 Å². The molecule has 2 aromatic heterocycles. The Bertz CT molecular complexity index is 454. The van der Waals surface area contributed by atoms with Gasteiger partial charge in [0.05, 0.1) is 0 Å². The molecule has 0 aliphatic rings. The maximum Gasteiger partial charge on any atom is 0.156 e. The van der Waals surface area contributed by atoms with Crippen molar-refractivity contribution in [1.29, 1.82) is 0 Å². The summed E-state index contributed by atoms with van der Waals surface area (Å²) in [7, 11) is 0. The summed E-state index contributed by atoms with van der Waals surface area (Å²) in [5.74, 6) is 0. The van der Waals surface area contributed by atoms with Crippen LogP contribution in [-0.2, 0) is 0 Å². The second kappa shape index (κ2) is 6.87. The third kappa shape index (κ3) is 3.80. The molecule has 1 N–H and O–H groups in total. The molecule has 18 heavy (non-hydrogen) atoms. The van der Waals surface area contributed by atoms with Gasteiger partial charge in [-0.2, -0.15) is 0 Å². The molecule has 2 rings (SSSR count). The molecule has 1 unspecified atom stereocenters. The molecule has 0 saturated carbocycles. The molecule has 3 nitrogen and oxygen atoms in total. The maximum absolute atomic E-state index is 4.47. The van der Waals surface area contributed by atoms with Gasteiger partial charge < -0.3 is 5.32 Å². The third-order valence-corrected chi connectivity index (χ3v) is 4.40. The summed E-state index contributed by atoms with van der Waals surface area (Å²) in [5.41, 5.74) is 1.23. The second-order valence-electron chi connectivity index (χ2n) is 4.01. The fraction of sp³-hybridized carbons (Fsp3) is 0.385. The lowest BCUT2D eigenvalue weighted by molar-refractivity contribution is 0.568.